The number of oxazole rings is 1. The van der Waals surface area contributed by atoms with E-state index in [2.05, 4.69) is 26.2 Å². The molecule has 0 spiro atoms. The van der Waals surface area contributed by atoms with Gasteiger partial charge in [0.1, 0.15) is 6.26 Å². The van der Waals surface area contributed by atoms with Crippen molar-refractivity contribution in [1.29, 1.82) is 0 Å². The van der Waals surface area contributed by atoms with Crippen molar-refractivity contribution in [3.63, 3.8) is 0 Å². The zero-order valence-electron chi connectivity index (χ0n) is 9.45. The molecule has 0 aliphatic heterocycles. The Bertz CT molecular complexity index is 543. The lowest BCUT2D eigenvalue weighted by molar-refractivity contribution is 0.102. The number of carbonyl (C=O) groups excluding carboxylic acids is 1. The second-order valence-corrected chi connectivity index (χ2v) is 4.68. The second-order valence-electron chi connectivity index (χ2n) is 3.77. The quantitative estimate of drug-likeness (QED) is 0.924. The summed E-state index contributed by atoms with van der Waals surface area (Å²) in [5.74, 6) is -0.240. The summed E-state index contributed by atoms with van der Waals surface area (Å²) in [6.45, 7) is 3.72. The molecule has 1 heterocycles. The van der Waals surface area contributed by atoms with Crippen molar-refractivity contribution >= 4 is 27.9 Å². The first-order valence-corrected chi connectivity index (χ1v) is 5.84. The van der Waals surface area contributed by atoms with Gasteiger partial charge >= 0.3 is 6.01 Å². The molecule has 2 aromatic rings. The average Bonchev–Trinajstić information content (AvgIpc) is 2.62. The highest BCUT2D eigenvalue weighted by atomic mass is 79.9. The fourth-order valence-corrected chi connectivity index (χ4v) is 2.06. The molecule has 1 amide bonds. The molecule has 0 saturated carbocycles. The molecular weight excluding hydrogens is 284 g/mol. The molecule has 17 heavy (non-hydrogen) atoms. The predicted molar refractivity (Wildman–Crippen MR) is 68.1 cm³/mol. The molecule has 0 saturated heterocycles. The lowest BCUT2D eigenvalue weighted by Crippen LogP contribution is -2.12. The van der Waals surface area contributed by atoms with Gasteiger partial charge in [-0.3, -0.25) is 10.1 Å². The van der Waals surface area contributed by atoms with E-state index < -0.39 is 0 Å². The zero-order chi connectivity index (χ0) is 12.4. The number of nitrogens with one attached hydrogen (secondary N) is 1. The molecule has 1 aromatic carbocycles. The summed E-state index contributed by atoms with van der Waals surface area (Å²) < 4.78 is 5.93. The summed E-state index contributed by atoms with van der Waals surface area (Å²) in [7, 11) is 0. The maximum absolute atomic E-state index is 11.9. The van der Waals surface area contributed by atoms with Crippen molar-refractivity contribution in [3.8, 4) is 0 Å². The number of aromatic nitrogens is 1. The van der Waals surface area contributed by atoms with Crippen LogP contribution in [-0.2, 0) is 0 Å². The monoisotopic (exact) mass is 294 g/mol. The summed E-state index contributed by atoms with van der Waals surface area (Å²) in [6.07, 6.45) is 1.49. The number of hydrogen-bond acceptors (Lipinski definition) is 3. The molecule has 88 valence electrons. The number of anilines is 1. The minimum atomic E-state index is -0.240. The summed E-state index contributed by atoms with van der Waals surface area (Å²) in [5.41, 5.74) is 2.30. The van der Waals surface area contributed by atoms with Crippen molar-refractivity contribution in [3.05, 3.63) is 45.8 Å². The van der Waals surface area contributed by atoms with Crippen LogP contribution in [0.4, 0.5) is 6.01 Å². The molecule has 0 aliphatic rings. The number of rotatable bonds is 2. The van der Waals surface area contributed by atoms with Gasteiger partial charge in [-0.1, -0.05) is 15.9 Å². The Morgan fingerprint density at radius 2 is 2.12 bits per heavy atom. The van der Waals surface area contributed by atoms with Gasteiger partial charge < -0.3 is 4.42 Å². The zero-order valence-corrected chi connectivity index (χ0v) is 11.0. The molecule has 0 radical (unpaired) electrons. The van der Waals surface area contributed by atoms with Gasteiger partial charge in [-0.25, -0.2) is 0 Å². The first kappa shape index (κ1) is 11.9. The Kier molecular flexibility index (Phi) is 3.28. The fraction of sp³-hybridized carbons (Fsp3) is 0.167. The largest absolute Gasteiger partial charge is 0.432 e. The Morgan fingerprint density at radius 3 is 2.71 bits per heavy atom. The molecular formula is C12H11BrN2O2. The topological polar surface area (TPSA) is 55.1 Å². The molecule has 0 unspecified atom stereocenters. The standard InChI is InChI=1S/C12H11BrN2O2/c1-7-3-9(5-10(13)4-7)11(16)15-12-14-8(2)6-17-12/h3-6H,1-2H3,(H,14,15,16). The van der Waals surface area contributed by atoms with Gasteiger partial charge in [0.05, 0.1) is 5.69 Å². The Hall–Kier alpha value is -1.62. The van der Waals surface area contributed by atoms with Gasteiger partial charge in [0, 0.05) is 10.0 Å². The highest BCUT2D eigenvalue weighted by Gasteiger charge is 2.10. The third-order valence-electron chi connectivity index (χ3n) is 2.14. The van der Waals surface area contributed by atoms with Crippen LogP contribution in [0.15, 0.2) is 33.4 Å². The van der Waals surface area contributed by atoms with E-state index in [0.717, 1.165) is 15.7 Å². The van der Waals surface area contributed by atoms with Crippen molar-refractivity contribution < 1.29 is 9.21 Å². The molecule has 5 heteroatoms. The molecule has 0 fully saturated rings. The Balaban J connectivity index is 2.19. The Labute approximate surface area is 107 Å². The second kappa shape index (κ2) is 4.71. The molecule has 0 atom stereocenters. The summed E-state index contributed by atoms with van der Waals surface area (Å²) in [5, 5.41) is 2.60. The molecule has 1 aromatic heterocycles. The van der Waals surface area contributed by atoms with Crippen LogP contribution in [0.25, 0.3) is 0 Å². The average molecular weight is 295 g/mol. The minimum Gasteiger partial charge on any atom is -0.432 e. The molecule has 4 nitrogen and oxygen atoms in total. The van der Waals surface area contributed by atoms with E-state index in [9.17, 15) is 4.79 Å². The van der Waals surface area contributed by atoms with Crippen LogP contribution in [-0.4, -0.2) is 10.9 Å². The van der Waals surface area contributed by atoms with Crippen LogP contribution in [0.5, 0.6) is 0 Å². The number of benzene rings is 1. The van der Waals surface area contributed by atoms with Gasteiger partial charge in [-0.15, -0.1) is 0 Å². The van der Waals surface area contributed by atoms with Gasteiger partial charge in [0.2, 0.25) is 0 Å². The van der Waals surface area contributed by atoms with Crippen LogP contribution in [0, 0.1) is 13.8 Å². The van der Waals surface area contributed by atoms with E-state index in [1.165, 1.54) is 6.26 Å². The lowest BCUT2D eigenvalue weighted by atomic mass is 10.1. The normalized spacial score (nSPS) is 10.3. The first-order valence-electron chi connectivity index (χ1n) is 5.05. The van der Waals surface area contributed by atoms with Crippen molar-refractivity contribution in [2.75, 3.05) is 5.32 Å². The fourth-order valence-electron chi connectivity index (χ4n) is 1.45. The van der Waals surface area contributed by atoms with Crippen LogP contribution in [0.1, 0.15) is 21.6 Å². The van der Waals surface area contributed by atoms with Crippen LogP contribution in [0.3, 0.4) is 0 Å². The van der Waals surface area contributed by atoms with Crippen molar-refractivity contribution in [2.24, 2.45) is 0 Å². The van der Waals surface area contributed by atoms with Gasteiger partial charge in [0.15, 0.2) is 0 Å². The first-order chi connectivity index (χ1) is 8.04. The smallest absolute Gasteiger partial charge is 0.301 e. The number of halogens is 1. The highest BCUT2D eigenvalue weighted by molar-refractivity contribution is 9.10. The van der Waals surface area contributed by atoms with Gasteiger partial charge in [-0.2, -0.15) is 4.98 Å². The van der Waals surface area contributed by atoms with E-state index in [0.29, 0.717) is 5.56 Å². The number of nitrogens with zero attached hydrogens (tertiary/aromatic N) is 1. The number of amides is 1. The third-order valence-corrected chi connectivity index (χ3v) is 2.60. The minimum absolute atomic E-state index is 0.213. The van der Waals surface area contributed by atoms with Crippen molar-refractivity contribution in [2.45, 2.75) is 13.8 Å². The number of hydrogen-bond donors (Lipinski definition) is 1. The molecule has 2 rings (SSSR count). The van der Waals surface area contributed by atoms with Crippen molar-refractivity contribution in [1.82, 2.24) is 4.98 Å². The molecule has 1 N–H and O–H groups in total. The maximum Gasteiger partial charge on any atom is 0.301 e. The Morgan fingerprint density at radius 1 is 1.35 bits per heavy atom. The van der Waals surface area contributed by atoms with Crippen LogP contribution in [0.2, 0.25) is 0 Å². The summed E-state index contributed by atoms with van der Waals surface area (Å²) >= 11 is 3.35. The maximum atomic E-state index is 11.9. The number of aryl methyl sites for hydroxylation is 2. The van der Waals surface area contributed by atoms with E-state index in [-0.39, 0.29) is 11.9 Å². The molecule has 0 aliphatic carbocycles. The van der Waals surface area contributed by atoms with E-state index in [4.69, 9.17) is 4.42 Å². The highest BCUT2D eigenvalue weighted by Crippen LogP contribution is 2.16. The molecule has 0 bridgehead atoms. The summed E-state index contributed by atoms with van der Waals surface area (Å²) in [4.78, 5) is 15.9. The van der Waals surface area contributed by atoms with Gasteiger partial charge in [-0.05, 0) is 37.6 Å². The van der Waals surface area contributed by atoms with Gasteiger partial charge in [0.25, 0.3) is 5.91 Å². The van der Waals surface area contributed by atoms with E-state index >= 15 is 0 Å². The third kappa shape index (κ3) is 2.94. The van der Waals surface area contributed by atoms with E-state index in [1.807, 2.05) is 13.0 Å². The predicted octanol–water partition coefficient (Wildman–Crippen LogP) is 3.31. The van der Waals surface area contributed by atoms with E-state index in [1.54, 1.807) is 19.1 Å². The van der Waals surface area contributed by atoms with Crippen LogP contribution >= 0.6 is 15.9 Å². The summed E-state index contributed by atoms with van der Waals surface area (Å²) in [6, 6.07) is 5.70. The number of carbonyl (C=O) groups is 1. The SMILES string of the molecule is Cc1cc(Br)cc(C(=O)Nc2nc(C)co2)c1. The lowest BCUT2D eigenvalue weighted by Gasteiger charge is -2.03. The van der Waals surface area contributed by atoms with Crippen LogP contribution < -0.4 is 5.32 Å².